The average Bonchev–Trinajstić information content (AvgIpc) is 2.72. The van der Waals surface area contributed by atoms with E-state index in [0.29, 0.717) is 24.2 Å². The van der Waals surface area contributed by atoms with Gasteiger partial charge in [0.25, 0.3) is 0 Å². The first-order chi connectivity index (χ1) is 8.19. The van der Waals surface area contributed by atoms with Crippen molar-refractivity contribution in [2.75, 3.05) is 11.2 Å². The van der Waals surface area contributed by atoms with E-state index in [0.717, 1.165) is 10.2 Å². The summed E-state index contributed by atoms with van der Waals surface area (Å²) in [5, 5.41) is 10.8. The van der Waals surface area contributed by atoms with Crippen LogP contribution in [-0.4, -0.2) is 16.1 Å². The van der Waals surface area contributed by atoms with Gasteiger partial charge in [0.1, 0.15) is 0 Å². The molecule has 0 aliphatic carbocycles. The zero-order chi connectivity index (χ0) is 12.3. The van der Waals surface area contributed by atoms with Crippen LogP contribution < -0.4 is 5.32 Å². The third-order valence-electron chi connectivity index (χ3n) is 2.20. The molecular weight excluding hydrogens is 305 g/mol. The Hall–Kier alpha value is -1.07. The zero-order valence-corrected chi connectivity index (χ0v) is 11.5. The smallest absolute Gasteiger partial charge is 0.320 e. The number of anilines is 2. The van der Waals surface area contributed by atoms with Crippen LogP contribution in [0.25, 0.3) is 0 Å². The molecule has 0 atom stereocenters. The summed E-state index contributed by atoms with van der Waals surface area (Å²) in [5.74, 6) is 1.01. The molecule has 4 nitrogen and oxygen atoms in total. The van der Waals surface area contributed by atoms with Gasteiger partial charge in [0.05, 0.1) is 0 Å². The Bertz CT molecular complexity index is 515. The Balaban J connectivity index is 2.11. The first-order valence-corrected chi connectivity index (χ1v) is 6.43. The molecular formula is C11H11BrClN3O. The van der Waals surface area contributed by atoms with E-state index in [9.17, 15) is 0 Å². The lowest BCUT2D eigenvalue weighted by Gasteiger charge is -2.03. The summed E-state index contributed by atoms with van der Waals surface area (Å²) < 4.78 is 6.40. The fraction of sp³-hybridized carbons (Fsp3) is 0.273. The van der Waals surface area contributed by atoms with Gasteiger partial charge in [-0.15, -0.1) is 16.7 Å². The quantitative estimate of drug-likeness (QED) is 0.875. The van der Waals surface area contributed by atoms with Gasteiger partial charge in [0.15, 0.2) is 0 Å². The Morgan fingerprint density at radius 1 is 1.41 bits per heavy atom. The SMILES string of the molecule is Cc1ccc(Nc2nnc(CCCl)o2)cc1Br. The van der Waals surface area contributed by atoms with Crippen LogP contribution in [0, 0.1) is 6.92 Å². The maximum Gasteiger partial charge on any atom is 0.320 e. The minimum atomic E-state index is 0.376. The van der Waals surface area contributed by atoms with Crippen LogP contribution in [-0.2, 0) is 6.42 Å². The Morgan fingerprint density at radius 2 is 2.24 bits per heavy atom. The van der Waals surface area contributed by atoms with Crippen LogP contribution in [0.15, 0.2) is 27.1 Å². The first kappa shape index (κ1) is 12.4. The molecule has 90 valence electrons. The van der Waals surface area contributed by atoms with Crippen LogP contribution in [0.1, 0.15) is 11.5 Å². The number of aromatic nitrogens is 2. The van der Waals surface area contributed by atoms with Crippen molar-refractivity contribution in [2.24, 2.45) is 0 Å². The topological polar surface area (TPSA) is 51.0 Å². The highest BCUT2D eigenvalue weighted by Crippen LogP contribution is 2.23. The molecule has 0 bridgehead atoms. The predicted molar refractivity (Wildman–Crippen MR) is 70.9 cm³/mol. The third kappa shape index (κ3) is 3.20. The molecule has 2 rings (SSSR count). The highest BCUT2D eigenvalue weighted by atomic mass is 79.9. The second kappa shape index (κ2) is 5.51. The molecule has 2 aromatic rings. The molecule has 0 radical (unpaired) electrons. The number of hydrogen-bond donors (Lipinski definition) is 1. The van der Waals surface area contributed by atoms with Gasteiger partial charge < -0.3 is 9.73 Å². The van der Waals surface area contributed by atoms with Gasteiger partial charge in [0, 0.05) is 22.5 Å². The van der Waals surface area contributed by atoms with Gasteiger partial charge in [-0.2, -0.15) is 0 Å². The minimum Gasteiger partial charge on any atom is -0.408 e. The number of rotatable bonds is 4. The molecule has 1 heterocycles. The number of halogens is 2. The van der Waals surface area contributed by atoms with E-state index in [2.05, 4.69) is 31.4 Å². The van der Waals surface area contributed by atoms with Crippen LogP contribution >= 0.6 is 27.5 Å². The van der Waals surface area contributed by atoms with E-state index < -0.39 is 0 Å². The van der Waals surface area contributed by atoms with Crippen molar-refractivity contribution in [2.45, 2.75) is 13.3 Å². The molecule has 1 N–H and O–H groups in total. The van der Waals surface area contributed by atoms with Crippen molar-refractivity contribution in [1.29, 1.82) is 0 Å². The molecule has 0 saturated carbocycles. The summed E-state index contributed by atoms with van der Waals surface area (Å²) in [4.78, 5) is 0. The van der Waals surface area contributed by atoms with E-state index in [4.69, 9.17) is 16.0 Å². The molecule has 17 heavy (non-hydrogen) atoms. The van der Waals surface area contributed by atoms with E-state index in [1.54, 1.807) is 0 Å². The number of benzene rings is 1. The molecule has 0 aliphatic rings. The fourth-order valence-corrected chi connectivity index (χ4v) is 1.82. The summed E-state index contributed by atoms with van der Waals surface area (Å²) in [6.07, 6.45) is 0.577. The van der Waals surface area contributed by atoms with Gasteiger partial charge in [-0.25, -0.2) is 0 Å². The number of alkyl halides is 1. The van der Waals surface area contributed by atoms with E-state index in [1.807, 2.05) is 25.1 Å². The molecule has 0 amide bonds. The summed E-state index contributed by atoms with van der Waals surface area (Å²) in [6.45, 7) is 2.03. The van der Waals surface area contributed by atoms with E-state index in [1.165, 1.54) is 5.56 Å². The molecule has 0 saturated heterocycles. The summed E-state index contributed by atoms with van der Waals surface area (Å²) in [5.41, 5.74) is 2.06. The summed E-state index contributed by atoms with van der Waals surface area (Å²) in [6, 6.07) is 6.29. The van der Waals surface area contributed by atoms with Gasteiger partial charge in [0.2, 0.25) is 5.89 Å². The Morgan fingerprint density at radius 3 is 2.94 bits per heavy atom. The maximum absolute atomic E-state index is 5.59. The molecule has 1 aromatic carbocycles. The van der Waals surface area contributed by atoms with Gasteiger partial charge >= 0.3 is 6.01 Å². The molecule has 0 spiro atoms. The van der Waals surface area contributed by atoms with Crippen molar-refractivity contribution >= 4 is 39.2 Å². The summed E-state index contributed by atoms with van der Waals surface area (Å²) >= 11 is 9.05. The lowest BCUT2D eigenvalue weighted by Crippen LogP contribution is -1.90. The minimum absolute atomic E-state index is 0.376. The van der Waals surface area contributed by atoms with Crippen molar-refractivity contribution in [1.82, 2.24) is 10.2 Å². The molecule has 0 fully saturated rings. The lowest BCUT2D eigenvalue weighted by atomic mass is 10.2. The first-order valence-electron chi connectivity index (χ1n) is 5.10. The van der Waals surface area contributed by atoms with Crippen LogP contribution in [0.5, 0.6) is 0 Å². The van der Waals surface area contributed by atoms with Crippen LogP contribution in [0.2, 0.25) is 0 Å². The van der Waals surface area contributed by atoms with Crippen molar-refractivity contribution in [3.05, 3.63) is 34.1 Å². The number of nitrogens with zero attached hydrogens (tertiary/aromatic N) is 2. The van der Waals surface area contributed by atoms with E-state index >= 15 is 0 Å². The Kier molecular flexibility index (Phi) is 4.02. The maximum atomic E-state index is 5.59. The molecule has 0 aliphatic heterocycles. The predicted octanol–water partition coefficient (Wildman–Crippen LogP) is 3.67. The summed E-state index contributed by atoms with van der Waals surface area (Å²) in [7, 11) is 0. The van der Waals surface area contributed by atoms with Crippen LogP contribution in [0.4, 0.5) is 11.7 Å². The highest BCUT2D eigenvalue weighted by molar-refractivity contribution is 9.10. The van der Waals surface area contributed by atoms with Gasteiger partial charge in [-0.05, 0) is 24.6 Å². The van der Waals surface area contributed by atoms with Crippen molar-refractivity contribution < 1.29 is 4.42 Å². The van der Waals surface area contributed by atoms with Crippen molar-refractivity contribution in [3.8, 4) is 0 Å². The standard InChI is InChI=1S/C11H11BrClN3O/c1-7-2-3-8(6-9(7)12)14-11-16-15-10(17-11)4-5-13/h2-3,6H,4-5H2,1H3,(H,14,16). The number of aryl methyl sites for hydroxylation is 2. The average molecular weight is 317 g/mol. The van der Waals surface area contributed by atoms with E-state index in [-0.39, 0.29) is 0 Å². The molecule has 6 heteroatoms. The molecule has 0 unspecified atom stereocenters. The fourth-order valence-electron chi connectivity index (χ4n) is 1.28. The highest BCUT2D eigenvalue weighted by Gasteiger charge is 2.06. The zero-order valence-electron chi connectivity index (χ0n) is 9.20. The normalized spacial score (nSPS) is 10.5. The van der Waals surface area contributed by atoms with Crippen molar-refractivity contribution in [3.63, 3.8) is 0 Å². The van der Waals surface area contributed by atoms with Gasteiger partial charge in [-0.3, -0.25) is 0 Å². The second-order valence-corrected chi connectivity index (χ2v) is 4.76. The van der Waals surface area contributed by atoms with Gasteiger partial charge in [-0.1, -0.05) is 27.1 Å². The Labute approximate surface area is 113 Å². The van der Waals surface area contributed by atoms with Crippen LogP contribution in [0.3, 0.4) is 0 Å². The number of hydrogen-bond acceptors (Lipinski definition) is 4. The molecule has 1 aromatic heterocycles. The third-order valence-corrected chi connectivity index (χ3v) is 3.24. The monoisotopic (exact) mass is 315 g/mol. The largest absolute Gasteiger partial charge is 0.408 e. The second-order valence-electron chi connectivity index (χ2n) is 3.53. The lowest BCUT2D eigenvalue weighted by molar-refractivity contribution is 0.516. The number of nitrogens with one attached hydrogen (secondary N) is 1.